The predicted molar refractivity (Wildman–Crippen MR) is 109 cm³/mol. The Bertz CT molecular complexity index is 872. The second-order valence-corrected chi connectivity index (χ2v) is 11.2. The molecule has 0 spiro atoms. The van der Waals surface area contributed by atoms with E-state index in [-0.39, 0.29) is 18.1 Å². The molecule has 0 radical (unpaired) electrons. The molecule has 4 aliphatic carbocycles. The van der Waals surface area contributed by atoms with Crippen LogP contribution in [-0.2, 0) is 42.8 Å². The highest BCUT2D eigenvalue weighted by Crippen LogP contribution is 2.60. The molecule has 5 atom stereocenters. The van der Waals surface area contributed by atoms with Gasteiger partial charge in [0.05, 0.1) is 11.0 Å². The van der Waals surface area contributed by atoms with Crippen LogP contribution in [0.2, 0.25) is 0 Å². The van der Waals surface area contributed by atoms with Crippen LogP contribution in [0.4, 0.5) is 0 Å². The van der Waals surface area contributed by atoms with E-state index in [0.717, 1.165) is 19.3 Å². The Kier molecular flexibility index (Phi) is 4.74. The van der Waals surface area contributed by atoms with Crippen molar-refractivity contribution in [2.45, 2.75) is 88.9 Å². The summed E-state index contributed by atoms with van der Waals surface area (Å²) in [6, 6.07) is 0. The molecule has 0 N–H and O–H groups in total. The molecule has 4 bridgehead atoms. The van der Waals surface area contributed by atoms with Gasteiger partial charge in [-0.15, -0.1) is 0 Å². The Labute approximate surface area is 192 Å². The molecule has 9 nitrogen and oxygen atoms in total. The maximum absolute atomic E-state index is 13.0. The third-order valence-electron chi connectivity index (χ3n) is 8.18. The highest BCUT2D eigenvalue weighted by atomic mass is 16.9. The van der Waals surface area contributed by atoms with Gasteiger partial charge in [0.2, 0.25) is 6.10 Å². The number of carbonyl (C=O) groups excluding carboxylic acids is 3. The Morgan fingerprint density at radius 3 is 2.27 bits per heavy atom. The quantitative estimate of drug-likeness (QED) is 0.344. The summed E-state index contributed by atoms with van der Waals surface area (Å²) in [6.45, 7) is 6.93. The van der Waals surface area contributed by atoms with Gasteiger partial charge in [0.1, 0.15) is 12.7 Å². The topological polar surface area (TPSA) is 107 Å². The van der Waals surface area contributed by atoms with Gasteiger partial charge in [-0.1, -0.05) is 6.58 Å². The largest absolute Gasteiger partial charge is 0.460 e. The second-order valence-electron chi connectivity index (χ2n) is 11.2. The fourth-order valence-electron chi connectivity index (χ4n) is 7.26. The Morgan fingerprint density at radius 1 is 1.00 bits per heavy atom. The molecule has 3 saturated heterocycles. The minimum Gasteiger partial charge on any atom is -0.460 e. The minimum atomic E-state index is -1.25. The normalized spacial score (nSPS) is 45.9. The number of fused-ring (bicyclic) bond motifs is 3. The van der Waals surface area contributed by atoms with Crippen molar-refractivity contribution in [3.63, 3.8) is 0 Å². The SMILES string of the molecule is C=C(COC(=O)C12CC3CC(CC(C3)C1)C2)C(=O)OC1C(=O)OC2C3OC(C)(C)OC3OC12. The number of rotatable bonds is 5. The van der Waals surface area contributed by atoms with Crippen LogP contribution >= 0.6 is 0 Å². The van der Waals surface area contributed by atoms with Crippen molar-refractivity contribution in [3.8, 4) is 0 Å². The first-order valence-corrected chi connectivity index (χ1v) is 11.9. The molecule has 0 amide bonds. The van der Waals surface area contributed by atoms with Gasteiger partial charge in [-0.3, -0.25) is 4.79 Å². The van der Waals surface area contributed by atoms with Crippen LogP contribution in [0, 0.1) is 23.2 Å². The van der Waals surface area contributed by atoms with Crippen molar-refractivity contribution >= 4 is 17.9 Å². The first kappa shape index (κ1) is 21.6. The monoisotopic (exact) mass is 462 g/mol. The average Bonchev–Trinajstić information content (AvgIpc) is 3.31. The van der Waals surface area contributed by atoms with E-state index in [2.05, 4.69) is 6.58 Å². The summed E-state index contributed by atoms with van der Waals surface area (Å²) >= 11 is 0. The molecule has 7 rings (SSSR count). The summed E-state index contributed by atoms with van der Waals surface area (Å²) in [7, 11) is 0. The smallest absolute Gasteiger partial charge is 0.350 e. The zero-order valence-corrected chi connectivity index (χ0v) is 18.9. The molecule has 3 aliphatic heterocycles. The highest BCUT2D eigenvalue weighted by Gasteiger charge is 2.64. The zero-order valence-electron chi connectivity index (χ0n) is 18.9. The van der Waals surface area contributed by atoms with E-state index in [9.17, 15) is 14.4 Å². The molecule has 4 saturated carbocycles. The summed E-state index contributed by atoms with van der Waals surface area (Å²) in [6.07, 6.45) is 2.24. The highest BCUT2D eigenvalue weighted by molar-refractivity contribution is 5.91. The lowest BCUT2D eigenvalue weighted by atomic mass is 9.49. The summed E-state index contributed by atoms with van der Waals surface area (Å²) in [5.41, 5.74) is -0.443. The van der Waals surface area contributed by atoms with Crippen molar-refractivity contribution < 1.29 is 42.8 Å². The Hall–Kier alpha value is -1.97. The third-order valence-corrected chi connectivity index (χ3v) is 8.18. The molecule has 0 aromatic rings. The van der Waals surface area contributed by atoms with Gasteiger partial charge in [0, 0.05) is 0 Å². The van der Waals surface area contributed by atoms with Gasteiger partial charge in [0.25, 0.3) is 0 Å². The Balaban J connectivity index is 1.04. The maximum atomic E-state index is 13.0. The Morgan fingerprint density at radius 2 is 1.64 bits per heavy atom. The lowest BCUT2D eigenvalue weighted by Gasteiger charge is -2.55. The van der Waals surface area contributed by atoms with Crippen LogP contribution in [0.15, 0.2) is 12.2 Å². The fraction of sp³-hybridized carbons (Fsp3) is 0.792. The molecule has 0 aromatic carbocycles. The van der Waals surface area contributed by atoms with Crippen molar-refractivity contribution in [2.75, 3.05) is 6.61 Å². The minimum absolute atomic E-state index is 0.0313. The average molecular weight is 462 g/mol. The van der Waals surface area contributed by atoms with E-state index in [1.165, 1.54) is 19.3 Å². The molecule has 180 valence electrons. The van der Waals surface area contributed by atoms with Gasteiger partial charge < -0.3 is 28.4 Å². The van der Waals surface area contributed by atoms with E-state index >= 15 is 0 Å². The van der Waals surface area contributed by atoms with Crippen molar-refractivity contribution in [1.82, 2.24) is 0 Å². The predicted octanol–water partition coefficient (Wildman–Crippen LogP) is 2.02. The first-order chi connectivity index (χ1) is 15.6. The van der Waals surface area contributed by atoms with Crippen LogP contribution in [0.5, 0.6) is 0 Å². The second kappa shape index (κ2) is 7.26. The van der Waals surface area contributed by atoms with E-state index in [0.29, 0.717) is 17.8 Å². The van der Waals surface area contributed by atoms with Gasteiger partial charge in [0.15, 0.2) is 24.3 Å². The van der Waals surface area contributed by atoms with Gasteiger partial charge in [-0.05, 0) is 70.1 Å². The standard InChI is InChI=1S/C24H30O9/c1-11(10-28-22(27)24-7-12-4-13(8-24)6-14(5-12)9-24)19(25)30-17-15-16(29-20(17)26)18-21(31-15)33-23(2,3)32-18/h12-18,21H,1,4-10H2,2-3H3. The summed E-state index contributed by atoms with van der Waals surface area (Å²) in [5.74, 6) is -0.772. The van der Waals surface area contributed by atoms with E-state index in [1.54, 1.807) is 13.8 Å². The zero-order chi connectivity index (χ0) is 23.1. The van der Waals surface area contributed by atoms with E-state index in [1.807, 2.05) is 0 Å². The summed E-state index contributed by atoms with van der Waals surface area (Å²) < 4.78 is 33.4. The van der Waals surface area contributed by atoms with E-state index < -0.39 is 53.8 Å². The van der Waals surface area contributed by atoms with Gasteiger partial charge in [-0.25, -0.2) is 9.59 Å². The summed E-state index contributed by atoms with van der Waals surface area (Å²) in [5, 5.41) is 0. The van der Waals surface area contributed by atoms with Crippen LogP contribution in [-0.4, -0.2) is 61.0 Å². The van der Waals surface area contributed by atoms with Crippen LogP contribution < -0.4 is 0 Å². The third kappa shape index (κ3) is 3.51. The van der Waals surface area contributed by atoms with Gasteiger partial charge in [-0.2, -0.15) is 0 Å². The lowest BCUT2D eigenvalue weighted by molar-refractivity contribution is -0.216. The van der Waals surface area contributed by atoms with E-state index in [4.69, 9.17) is 28.4 Å². The maximum Gasteiger partial charge on any atom is 0.350 e. The lowest BCUT2D eigenvalue weighted by Crippen LogP contribution is -2.50. The molecule has 7 aliphatic rings. The van der Waals surface area contributed by atoms with Crippen molar-refractivity contribution in [3.05, 3.63) is 12.2 Å². The molecule has 3 heterocycles. The number of esters is 3. The molecule has 9 heteroatoms. The van der Waals surface area contributed by atoms with Crippen LogP contribution in [0.1, 0.15) is 52.4 Å². The molecule has 7 fully saturated rings. The summed E-state index contributed by atoms with van der Waals surface area (Å²) in [4.78, 5) is 37.9. The van der Waals surface area contributed by atoms with Crippen LogP contribution in [0.25, 0.3) is 0 Å². The number of ether oxygens (including phenoxy) is 6. The molecular weight excluding hydrogens is 432 g/mol. The molecule has 0 aromatic heterocycles. The molecule has 33 heavy (non-hydrogen) atoms. The first-order valence-electron chi connectivity index (χ1n) is 11.9. The van der Waals surface area contributed by atoms with Crippen molar-refractivity contribution in [2.24, 2.45) is 23.2 Å². The van der Waals surface area contributed by atoms with Crippen LogP contribution in [0.3, 0.4) is 0 Å². The van der Waals surface area contributed by atoms with Crippen molar-refractivity contribution in [1.29, 1.82) is 0 Å². The fourth-order valence-corrected chi connectivity index (χ4v) is 7.26. The molecular formula is C24H30O9. The number of hydrogen-bond donors (Lipinski definition) is 0. The number of hydrogen-bond acceptors (Lipinski definition) is 9. The molecule has 5 unspecified atom stereocenters. The van der Waals surface area contributed by atoms with Gasteiger partial charge >= 0.3 is 17.9 Å². The number of carbonyl (C=O) groups is 3.